The van der Waals surface area contributed by atoms with Crippen LogP contribution in [0.3, 0.4) is 0 Å². The lowest BCUT2D eigenvalue weighted by atomic mass is 10.2. The third-order valence-corrected chi connectivity index (χ3v) is 2.25. The van der Waals surface area contributed by atoms with Crippen molar-refractivity contribution in [2.45, 2.75) is 6.04 Å². The number of pyridine rings is 1. The minimum atomic E-state index is -0.588. The number of imidazole rings is 1. The highest BCUT2D eigenvalue weighted by Gasteiger charge is 2.13. The Morgan fingerprint density at radius 3 is 2.94 bits per heavy atom. The van der Waals surface area contributed by atoms with E-state index in [0.717, 1.165) is 6.20 Å². The molecule has 0 saturated carbocycles. The molecule has 2 heterocycles. The van der Waals surface area contributed by atoms with Crippen molar-refractivity contribution in [2.24, 2.45) is 5.73 Å². The molecule has 0 bridgehead atoms. The first-order valence-electron chi connectivity index (χ1n) is 4.72. The zero-order chi connectivity index (χ0) is 11.5. The molecule has 1 unspecified atom stereocenters. The standard InChI is InChI=1S/C10H11FN4O/c11-7-3-13-2-1-9(7)15-6-14-4-10(15)8(12)5-16/h1-4,6,8,16H,5,12H2. The number of aromatic nitrogens is 3. The molecule has 6 heteroatoms. The van der Waals surface area contributed by atoms with Crippen molar-refractivity contribution < 1.29 is 9.50 Å². The van der Waals surface area contributed by atoms with Crippen LogP contribution in [0.4, 0.5) is 4.39 Å². The van der Waals surface area contributed by atoms with Crippen LogP contribution in [-0.4, -0.2) is 26.2 Å². The summed E-state index contributed by atoms with van der Waals surface area (Å²) in [6, 6.07) is 0.931. The number of aliphatic hydroxyl groups excluding tert-OH is 1. The van der Waals surface area contributed by atoms with Crippen LogP contribution < -0.4 is 5.73 Å². The van der Waals surface area contributed by atoms with Gasteiger partial charge in [-0.05, 0) is 6.07 Å². The minimum Gasteiger partial charge on any atom is -0.394 e. The molecule has 0 aromatic carbocycles. The van der Waals surface area contributed by atoms with Gasteiger partial charge >= 0.3 is 0 Å². The molecular weight excluding hydrogens is 211 g/mol. The number of hydrogen-bond acceptors (Lipinski definition) is 4. The average Bonchev–Trinajstić information content (AvgIpc) is 2.77. The molecule has 0 aliphatic rings. The van der Waals surface area contributed by atoms with Crippen LogP contribution in [0.5, 0.6) is 0 Å². The molecule has 0 radical (unpaired) electrons. The van der Waals surface area contributed by atoms with E-state index in [0.29, 0.717) is 11.4 Å². The molecule has 2 aromatic heterocycles. The Morgan fingerprint density at radius 2 is 2.25 bits per heavy atom. The smallest absolute Gasteiger partial charge is 0.165 e. The monoisotopic (exact) mass is 222 g/mol. The van der Waals surface area contributed by atoms with Crippen LogP contribution >= 0.6 is 0 Å². The van der Waals surface area contributed by atoms with Crippen molar-refractivity contribution in [2.75, 3.05) is 6.61 Å². The summed E-state index contributed by atoms with van der Waals surface area (Å²) in [5, 5.41) is 8.98. The second-order valence-corrected chi connectivity index (χ2v) is 3.30. The maximum Gasteiger partial charge on any atom is 0.165 e. The van der Waals surface area contributed by atoms with Gasteiger partial charge in [0.25, 0.3) is 0 Å². The van der Waals surface area contributed by atoms with E-state index in [4.69, 9.17) is 10.8 Å². The van der Waals surface area contributed by atoms with Crippen LogP contribution in [0.25, 0.3) is 5.69 Å². The predicted molar refractivity (Wildman–Crippen MR) is 55.3 cm³/mol. The van der Waals surface area contributed by atoms with Crippen molar-refractivity contribution >= 4 is 0 Å². The Kier molecular flexibility index (Phi) is 2.93. The van der Waals surface area contributed by atoms with E-state index < -0.39 is 11.9 Å². The van der Waals surface area contributed by atoms with E-state index in [1.807, 2.05) is 0 Å². The van der Waals surface area contributed by atoms with E-state index in [9.17, 15) is 4.39 Å². The molecule has 16 heavy (non-hydrogen) atoms. The summed E-state index contributed by atoms with van der Waals surface area (Å²) in [4.78, 5) is 7.55. The minimum absolute atomic E-state index is 0.224. The Bertz CT molecular complexity index is 485. The fraction of sp³-hybridized carbons (Fsp3) is 0.200. The van der Waals surface area contributed by atoms with Crippen LogP contribution in [0.2, 0.25) is 0 Å². The van der Waals surface area contributed by atoms with Gasteiger partial charge in [-0.1, -0.05) is 0 Å². The van der Waals surface area contributed by atoms with Crippen molar-refractivity contribution in [1.82, 2.24) is 14.5 Å². The highest BCUT2D eigenvalue weighted by molar-refractivity contribution is 5.33. The van der Waals surface area contributed by atoms with Crippen molar-refractivity contribution in [3.05, 3.63) is 42.5 Å². The van der Waals surface area contributed by atoms with E-state index in [1.54, 1.807) is 0 Å². The van der Waals surface area contributed by atoms with E-state index in [1.165, 1.54) is 29.4 Å². The third-order valence-electron chi connectivity index (χ3n) is 2.25. The summed E-state index contributed by atoms with van der Waals surface area (Å²) in [7, 11) is 0. The van der Waals surface area contributed by atoms with E-state index in [-0.39, 0.29) is 6.61 Å². The van der Waals surface area contributed by atoms with E-state index >= 15 is 0 Å². The number of hydrogen-bond donors (Lipinski definition) is 2. The highest BCUT2D eigenvalue weighted by Crippen LogP contribution is 2.17. The third kappa shape index (κ3) is 1.80. The Labute approximate surface area is 91.4 Å². The fourth-order valence-electron chi connectivity index (χ4n) is 1.44. The van der Waals surface area contributed by atoms with Crippen LogP contribution in [-0.2, 0) is 0 Å². The predicted octanol–water partition coefficient (Wildman–Crippen LogP) is 0.398. The lowest BCUT2D eigenvalue weighted by molar-refractivity contribution is 0.265. The van der Waals surface area contributed by atoms with Crippen molar-refractivity contribution in [3.63, 3.8) is 0 Å². The van der Waals surface area contributed by atoms with Gasteiger partial charge in [0.2, 0.25) is 0 Å². The summed E-state index contributed by atoms with van der Waals surface area (Å²) in [6.45, 7) is -0.224. The van der Waals surface area contributed by atoms with Gasteiger partial charge in [0.15, 0.2) is 5.82 Å². The number of nitrogens with zero attached hydrogens (tertiary/aromatic N) is 3. The van der Waals surface area contributed by atoms with Gasteiger partial charge in [0, 0.05) is 6.20 Å². The van der Waals surface area contributed by atoms with E-state index in [2.05, 4.69) is 9.97 Å². The molecule has 1 atom stereocenters. The Morgan fingerprint density at radius 1 is 1.44 bits per heavy atom. The molecule has 0 aliphatic carbocycles. The van der Waals surface area contributed by atoms with Crippen LogP contribution in [0.15, 0.2) is 31.0 Å². The maximum absolute atomic E-state index is 13.5. The normalized spacial score (nSPS) is 12.7. The molecule has 0 spiro atoms. The molecule has 0 saturated heterocycles. The summed E-state index contributed by atoms with van der Waals surface area (Å²) in [5.74, 6) is -0.466. The van der Waals surface area contributed by atoms with Gasteiger partial charge in [0.05, 0.1) is 42.8 Å². The number of aliphatic hydroxyl groups is 1. The molecule has 0 fully saturated rings. The van der Waals surface area contributed by atoms with Crippen molar-refractivity contribution in [1.29, 1.82) is 0 Å². The summed E-state index contributed by atoms with van der Waals surface area (Å²) in [5.41, 5.74) is 6.54. The molecule has 2 aromatic rings. The Hall–Kier alpha value is -1.79. The molecule has 2 rings (SSSR count). The molecule has 5 nitrogen and oxygen atoms in total. The van der Waals surface area contributed by atoms with Gasteiger partial charge in [-0.3, -0.25) is 9.55 Å². The topological polar surface area (TPSA) is 77.0 Å². The molecular formula is C10H11FN4O. The largest absolute Gasteiger partial charge is 0.394 e. The molecule has 84 valence electrons. The highest BCUT2D eigenvalue weighted by atomic mass is 19.1. The van der Waals surface area contributed by atoms with Crippen molar-refractivity contribution in [3.8, 4) is 5.69 Å². The van der Waals surface area contributed by atoms with Crippen LogP contribution in [0, 0.1) is 5.82 Å². The lowest BCUT2D eigenvalue weighted by Crippen LogP contribution is -2.18. The number of nitrogens with two attached hydrogens (primary N) is 1. The SMILES string of the molecule is NC(CO)c1cncn1-c1ccncc1F. The molecule has 0 aliphatic heterocycles. The fourth-order valence-corrected chi connectivity index (χ4v) is 1.44. The van der Waals surface area contributed by atoms with Gasteiger partial charge in [-0.25, -0.2) is 9.37 Å². The average molecular weight is 222 g/mol. The second kappa shape index (κ2) is 4.38. The maximum atomic E-state index is 13.5. The molecule has 3 N–H and O–H groups in total. The first-order chi connectivity index (χ1) is 7.74. The summed E-state index contributed by atoms with van der Waals surface area (Å²) >= 11 is 0. The van der Waals surface area contributed by atoms with Gasteiger partial charge in [-0.2, -0.15) is 0 Å². The van der Waals surface area contributed by atoms with Gasteiger partial charge < -0.3 is 10.8 Å². The summed E-state index contributed by atoms with van der Waals surface area (Å²) in [6.07, 6.45) is 5.54. The Balaban J connectivity index is 2.49. The first-order valence-corrected chi connectivity index (χ1v) is 4.72. The van der Waals surface area contributed by atoms with Gasteiger partial charge in [0.1, 0.15) is 0 Å². The van der Waals surface area contributed by atoms with Gasteiger partial charge in [-0.15, -0.1) is 0 Å². The lowest BCUT2D eigenvalue weighted by Gasteiger charge is -2.12. The number of rotatable bonds is 3. The zero-order valence-corrected chi connectivity index (χ0v) is 8.42. The van der Waals surface area contributed by atoms with Crippen LogP contribution in [0.1, 0.15) is 11.7 Å². The quantitative estimate of drug-likeness (QED) is 0.788. The zero-order valence-electron chi connectivity index (χ0n) is 8.42. The summed E-state index contributed by atoms with van der Waals surface area (Å²) < 4.78 is 15.0. The first kappa shape index (κ1) is 10.7. The molecule has 0 amide bonds. The second-order valence-electron chi connectivity index (χ2n) is 3.30. The number of halogens is 1.